The van der Waals surface area contributed by atoms with Gasteiger partial charge in [0.25, 0.3) is 5.91 Å². The van der Waals surface area contributed by atoms with Crippen molar-refractivity contribution in [1.29, 1.82) is 0 Å². The zero-order valence-electron chi connectivity index (χ0n) is 9.12. The van der Waals surface area contributed by atoms with Gasteiger partial charge < -0.3 is 14.6 Å². The molecule has 2 rings (SSSR count). The molecule has 0 spiro atoms. The van der Waals surface area contributed by atoms with Gasteiger partial charge in [0.2, 0.25) is 0 Å². The van der Waals surface area contributed by atoms with Crippen LogP contribution in [0.5, 0.6) is 0 Å². The molecule has 1 N–H and O–H groups in total. The highest BCUT2D eigenvalue weighted by molar-refractivity contribution is 5.94. The molecule has 0 radical (unpaired) electrons. The van der Waals surface area contributed by atoms with E-state index in [0.29, 0.717) is 11.6 Å². The van der Waals surface area contributed by atoms with Crippen molar-refractivity contribution in [3.63, 3.8) is 0 Å². The van der Waals surface area contributed by atoms with Crippen molar-refractivity contribution >= 4 is 5.91 Å². The molecule has 0 saturated carbocycles. The van der Waals surface area contributed by atoms with E-state index in [4.69, 9.17) is 4.42 Å². The molecule has 1 atom stereocenters. The molecule has 0 aromatic carbocycles. The van der Waals surface area contributed by atoms with Crippen LogP contribution in [0.1, 0.15) is 23.0 Å². The lowest BCUT2D eigenvalue weighted by molar-refractivity contribution is 0.0708. The Hall–Kier alpha value is -1.29. The Bertz CT molecular complexity index is 359. The number of furan rings is 1. The summed E-state index contributed by atoms with van der Waals surface area (Å²) in [6.45, 7) is 6.33. The van der Waals surface area contributed by atoms with Crippen LogP contribution in [0.3, 0.4) is 0 Å². The minimum atomic E-state index is 0.0696. The van der Waals surface area contributed by atoms with Crippen molar-refractivity contribution in [3.8, 4) is 0 Å². The van der Waals surface area contributed by atoms with Crippen LogP contribution in [0, 0.1) is 6.92 Å². The van der Waals surface area contributed by atoms with Gasteiger partial charge in [0, 0.05) is 25.7 Å². The van der Waals surface area contributed by atoms with Crippen molar-refractivity contribution < 1.29 is 9.21 Å². The molecular weight excluding hydrogens is 192 g/mol. The normalized spacial score (nSPS) is 21.7. The second-order valence-electron chi connectivity index (χ2n) is 4.05. The monoisotopic (exact) mass is 208 g/mol. The van der Waals surface area contributed by atoms with Crippen molar-refractivity contribution in [2.75, 3.05) is 19.6 Å². The van der Waals surface area contributed by atoms with Crippen LogP contribution in [-0.2, 0) is 0 Å². The minimum absolute atomic E-state index is 0.0696. The molecule has 0 bridgehead atoms. The Morgan fingerprint density at radius 1 is 1.67 bits per heavy atom. The topological polar surface area (TPSA) is 45.5 Å². The molecule has 1 saturated heterocycles. The lowest BCUT2D eigenvalue weighted by Gasteiger charge is -2.31. The van der Waals surface area contributed by atoms with Gasteiger partial charge in [0.1, 0.15) is 12.0 Å². The Morgan fingerprint density at radius 3 is 3.07 bits per heavy atom. The predicted molar refractivity (Wildman–Crippen MR) is 56.8 cm³/mol. The summed E-state index contributed by atoms with van der Waals surface area (Å²) < 4.78 is 5.14. The summed E-state index contributed by atoms with van der Waals surface area (Å²) in [4.78, 5) is 13.9. The standard InChI is InChI=1S/C11H16N2O2/c1-8-6-13(4-3-12-8)11(14)10-5-9(2)15-7-10/h5,7-8,12H,3-4,6H2,1-2H3. The lowest BCUT2D eigenvalue weighted by Crippen LogP contribution is -2.51. The molecule has 1 aromatic heterocycles. The van der Waals surface area contributed by atoms with Gasteiger partial charge in [-0.2, -0.15) is 0 Å². The third-order valence-electron chi connectivity index (χ3n) is 2.63. The van der Waals surface area contributed by atoms with Gasteiger partial charge in [-0.1, -0.05) is 0 Å². The van der Waals surface area contributed by atoms with E-state index in [1.807, 2.05) is 11.8 Å². The molecule has 0 aliphatic carbocycles. The summed E-state index contributed by atoms with van der Waals surface area (Å²) in [6, 6.07) is 2.16. The highest BCUT2D eigenvalue weighted by Crippen LogP contribution is 2.11. The number of carbonyl (C=O) groups excluding carboxylic acids is 1. The van der Waals surface area contributed by atoms with Gasteiger partial charge in [0.05, 0.1) is 5.56 Å². The summed E-state index contributed by atoms with van der Waals surface area (Å²) in [5.74, 6) is 0.849. The number of nitrogens with one attached hydrogen (secondary N) is 1. The molecule has 1 aromatic rings. The number of hydrogen-bond acceptors (Lipinski definition) is 3. The number of carbonyl (C=O) groups is 1. The number of piperazine rings is 1. The van der Waals surface area contributed by atoms with Crippen molar-refractivity contribution in [3.05, 3.63) is 23.7 Å². The minimum Gasteiger partial charge on any atom is -0.469 e. The quantitative estimate of drug-likeness (QED) is 0.749. The molecule has 82 valence electrons. The van der Waals surface area contributed by atoms with Gasteiger partial charge >= 0.3 is 0 Å². The van der Waals surface area contributed by atoms with Gasteiger partial charge in [-0.15, -0.1) is 0 Å². The first-order valence-electron chi connectivity index (χ1n) is 5.24. The fourth-order valence-corrected chi connectivity index (χ4v) is 1.85. The average molecular weight is 208 g/mol. The first kappa shape index (κ1) is 10.2. The third kappa shape index (κ3) is 2.21. The Balaban J connectivity index is 2.07. The molecule has 15 heavy (non-hydrogen) atoms. The summed E-state index contributed by atoms with van der Waals surface area (Å²) >= 11 is 0. The summed E-state index contributed by atoms with van der Waals surface area (Å²) in [5.41, 5.74) is 0.654. The molecule has 4 heteroatoms. The Kier molecular flexibility index (Phi) is 2.77. The highest BCUT2D eigenvalue weighted by atomic mass is 16.3. The van der Waals surface area contributed by atoms with E-state index < -0.39 is 0 Å². The summed E-state index contributed by atoms with van der Waals surface area (Å²) in [7, 11) is 0. The van der Waals surface area contributed by atoms with Gasteiger partial charge in [-0.25, -0.2) is 0 Å². The molecule has 1 aliphatic rings. The largest absolute Gasteiger partial charge is 0.469 e. The van der Waals surface area contributed by atoms with Gasteiger partial charge in [-0.3, -0.25) is 4.79 Å². The number of rotatable bonds is 1. The van der Waals surface area contributed by atoms with E-state index in [0.717, 1.165) is 25.4 Å². The Labute approximate surface area is 89.2 Å². The predicted octanol–water partition coefficient (Wildman–Crippen LogP) is 1.02. The van der Waals surface area contributed by atoms with E-state index in [-0.39, 0.29) is 5.91 Å². The van der Waals surface area contributed by atoms with Crippen LogP contribution in [0.4, 0.5) is 0 Å². The third-order valence-corrected chi connectivity index (χ3v) is 2.63. The van der Waals surface area contributed by atoms with Crippen LogP contribution >= 0.6 is 0 Å². The molecular formula is C11H16N2O2. The zero-order chi connectivity index (χ0) is 10.8. The average Bonchev–Trinajstić information content (AvgIpc) is 2.64. The summed E-state index contributed by atoms with van der Waals surface area (Å²) in [5, 5.41) is 3.31. The second kappa shape index (κ2) is 4.06. The van der Waals surface area contributed by atoms with Crippen molar-refractivity contribution in [2.24, 2.45) is 0 Å². The Morgan fingerprint density at radius 2 is 2.47 bits per heavy atom. The molecule has 4 nitrogen and oxygen atoms in total. The maximum Gasteiger partial charge on any atom is 0.257 e. The SMILES string of the molecule is Cc1cc(C(=O)N2CCNC(C)C2)co1. The van der Waals surface area contributed by atoms with Gasteiger partial charge in [0.15, 0.2) is 0 Å². The maximum absolute atomic E-state index is 12.0. The summed E-state index contributed by atoms with van der Waals surface area (Å²) in [6.07, 6.45) is 1.53. The van der Waals surface area contributed by atoms with Crippen LogP contribution in [-0.4, -0.2) is 36.5 Å². The number of hydrogen-bond donors (Lipinski definition) is 1. The first-order chi connectivity index (χ1) is 7.16. The van der Waals surface area contributed by atoms with E-state index in [1.54, 1.807) is 6.07 Å². The van der Waals surface area contributed by atoms with Crippen molar-refractivity contribution in [2.45, 2.75) is 19.9 Å². The van der Waals surface area contributed by atoms with E-state index in [9.17, 15) is 4.79 Å². The van der Waals surface area contributed by atoms with Crippen LogP contribution in [0.25, 0.3) is 0 Å². The van der Waals surface area contributed by atoms with Crippen LogP contribution in [0.15, 0.2) is 16.7 Å². The molecule has 1 unspecified atom stereocenters. The van der Waals surface area contributed by atoms with Crippen LogP contribution < -0.4 is 5.32 Å². The fraction of sp³-hybridized carbons (Fsp3) is 0.545. The second-order valence-corrected chi connectivity index (χ2v) is 4.05. The molecule has 1 amide bonds. The number of amides is 1. The van der Waals surface area contributed by atoms with E-state index in [2.05, 4.69) is 12.2 Å². The lowest BCUT2D eigenvalue weighted by atomic mass is 10.2. The number of aryl methyl sites for hydroxylation is 1. The van der Waals surface area contributed by atoms with E-state index >= 15 is 0 Å². The zero-order valence-corrected chi connectivity index (χ0v) is 9.12. The molecule has 1 aliphatic heterocycles. The van der Waals surface area contributed by atoms with Crippen molar-refractivity contribution in [1.82, 2.24) is 10.2 Å². The van der Waals surface area contributed by atoms with Gasteiger partial charge in [-0.05, 0) is 19.9 Å². The molecule has 2 heterocycles. The number of nitrogens with zero attached hydrogens (tertiary/aromatic N) is 1. The fourth-order valence-electron chi connectivity index (χ4n) is 1.85. The smallest absolute Gasteiger partial charge is 0.257 e. The molecule has 1 fully saturated rings. The maximum atomic E-state index is 12.0. The first-order valence-corrected chi connectivity index (χ1v) is 5.24. The highest BCUT2D eigenvalue weighted by Gasteiger charge is 2.22. The van der Waals surface area contributed by atoms with E-state index in [1.165, 1.54) is 6.26 Å². The van der Waals surface area contributed by atoms with Crippen LogP contribution in [0.2, 0.25) is 0 Å².